The number of aryl methyl sites for hydroxylation is 2. The lowest BCUT2D eigenvalue weighted by atomic mass is 10.0. The lowest BCUT2D eigenvalue weighted by Gasteiger charge is -2.25. The summed E-state index contributed by atoms with van der Waals surface area (Å²) in [4.78, 5) is 0. The van der Waals surface area contributed by atoms with Crippen molar-refractivity contribution in [3.63, 3.8) is 0 Å². The zero-order valence-electron chi connectivity index (χ0n) is 9.05. The second kappa shape index (κ2) is 4.09. The van der Waals surface area contributed by atoms with Gasteiger partial charge in [-0.15, -0.1) is 0 Å². The molecule has 0 saturated heterocycles. The number of rotatable bonds is 2. The Bertz CT molecular complexity index is 363. The first-order valence-corrected chi connectivity index (χ1v) is 5.19. The van der Waals surface area contributed by atoms with Crippen molar-refractivity contribution in [1.82, 2.24) is 0 Å². The van der Waals surface area contributed by atoms with Crippen LogP contribution in [0.1, 0.15) is 24.5 Å². The first kappa shape index (κ1) is 10.3. The van der Waals surface area contributed by atoms with Gasteiger partial charge in [-0.05, 0) is 43.9 Å². The summed E-state index contributed by atoms with van der Waals surface area (Å²) in [5, 5.41) is 0. The summed E-state index contributed by atoms with van der Waals surface area (Å²) in [6, 6.07) is 3.89. The molecule has 0 amide bonds. The average Bonchev–Trinajstić information content (AvgIpc) is 2.19. The molecule has 0 N–H and O–H groups in total. The number of alkyl halides is 1. The topological polar surface area (TPSA) is 18.5 Å². The summed E-state index contributed by atoms with van der Waals surface area (Å²) in [7, 11) is 0. The minimum absolute atomic E-state index is 0.183. The molecule has 15 heavy (non-hydrogen) atoms. The van der Waals surface area contributed by atoms with Crippen LogP contribution in [-0.2, 0) is 6.42 Å². The number of hydrogen-bond acceptors (Lipinski definition) is 2. The van der Waals surface area contributed by atoms with Gasteiger partial charge in [0.05, 0.1) is 6.10 Å². The highest BCUT2D eigenvalue weighted by Crippen LogP contribution is 2.37. The second-order valence-electron chi connectivity index (χ2n) is 3.97. The highest BCUT2D eigenvalue weighted by molar-refractivity contribution is 5.50. The van der Waals surface area contributed by atoms with E-state index in [9.17, 15) is 4.39 Å². The molecular formula is C12H15FO2. The first-order valence-electron chi connectivity index (χ1n) is 5.19. The van der Waals surface area contributed by atoms with Crippen LogP contribution in [0.25, 0.3) is 0 Å². The fourth-order valence-corrected chi connectivity index (χ4v) is 1.92. The van der Waals surface area contributed by atoms with Gasteiger partial charge in [-0.2, -0.15) is 0 Å². The van der Waals surface area contributed by atoms with Crippen molar-refractivity contribution in [2.24, 2.45) is 0 Å². The standard InChI is InChI=1S/C12H15FO2/c1-8-5-10-4-3-9(2)15-12(10)11(6-8)14-7-13/h5-6,9H,3-4,7H2,1-2H3. The Labute approximate surface area is 89.0 Å². The van der Waals surface area contributed by atoms with E-state index in [4.69, 9.17) is 9.47 Å². The molecule has 0 bridgehead atoms. The lowest BCUT2D eigenvalue weighted by molar-refractivity contribution is 0.154. The summed E-state index contributed by atoms with van der Waals surface area (Å²) in [5.74, 6) is 1.25. The largest absolute Gasteiger partial charge is 0.487 e. The zero-order chi connectivity index (χ0) is 10.8. The molecule has 1 aromatic rings. The molecule has 0 spiro atoms. The molecule has 0 aliphatic carbocycles. The molecule has 1 atom stereocenters. The third-order valence-corrected chi connectivity index (χ3v) is 2.63. The Morgan fingerprint density at radius 1 is 1.53 bits per heavy atom. The molecule has 1 aliphatic heterocycles. The maximum atomic E-state index is 12.2. The summed E-state index contributed by atoms with van der Waals surface area (Å²) in [6.45, 7) is 3.18. The van der Waals surface area contributed by atoms with Gasteiger partial charge in [-0.1, -0.05) is 6.07 Å². The average molecular weight is 210 g/mol. The second-order valence-corrected chi connectivity index (χ2v) is 3.97. The molecular weight excluding hydrogens is 195 g/mol. The molecule has 1 aromatic carbocycles. The fraction of sp³-hybridized carbons (Fsp3) is 0.500. The number of halogens is 1. The maximum absolute atomic E-state index is 12.2. The molecule has 2 rings (SSSR count). The first-order chi connectivity index (χ1) is 7.20. The Morgan fingerprint density at radius 3 is 3.07 bits per heavy atom. The highest BCUT2D eigenvalue weighted by atomic mass is 19.1. The van der Waals surface area contributed by atoms with Gasteiger partial charge in [0.2, 0.25) is 6.86 Å². The van der Waals surface area contributed by atoms with Crippen molar-refractivity contribution in [1.29, 1.82) is 0 Å². The van der Waals surface area contributed by atoms with Crippen molar-refractivity contribution in [3.8, 4) is 11.5 Å². The van der Waals surface area contributed by atoms with E-state index in [-0.39, 0.29) is 6.10 Å². The Morgan fingerprint density at radius 2 is 2.33 bits per heavy atom. The van der Waals surface area contributed by atoms with Crippen molar-refractivity contribution in [2.75, 3.05) is 6.86 Å². The number of benzene rings is 1. The van der Waals surface area contributed by atoms with Gasteiger partial charge in [0, 0.05) is 0 Å². The predicted molar refractivity (Wildman–Crippen MR) is 56.2 cm³/mol. The van der Waals surface area contributed by atoms with E-state index < -0.39 is 6.86 Å². The Hall–Kier alpha value is -1.25. The van der Waals surface area contributed by atoms with E-state index in [1.807, 2.05) is 19.9 Å². The number of hydrogen-bond donors (Lipinski definition) is 0. The summed E-state index contributed by atoms with van der Waals surface area (Å²) in [6.07, 6.45) is 2.16. The van der Waals surface area contributed by atoms with Crippen LogP contribution in [0.3, 0.4) is 0 Å². The van der Waals surface area contributed by atoms with E-state index in [0.29, 0.717) is 5.75 Å². The van der Waals surface area contributed by atoms with Crippen LogP contribution in [0.5, 0.6) is 11.5 Å². The minimum atomic E-state index is -0.812. The van der Waals surface area contributed by atoms with Gasteiger partial charge < -0.3 is 9.47 Å². The molecule has 0 aromatic heterocycles. The SMILES string of the molecule is Cc1cc2c(c(OCF)c1)OC(C)CC2. The predicted octanol–water partition coefficient (Wildman–Crippen LogP) is 3.01. The van der Waals surface area contributed by atoms with Crippen LogP contribution in [0.4, 0.5) is 4.39 Å². The summed E-state index contributed by atoms with van der Waals surface area (Å²) in [5.41, 5.74) is 2.20. The van der Waals surface area contributed by atoms with E-state index in [1.165, 1.54) is 0 Å². The van der Waals surface area contributed by atoms with Gasteiger partial charge in [-0.3, -0.25) is 0 Å². The number of ether oxygens (including phenoxy) is 2. The van der Waals surface area contributed by atoms with E-state index in [2.05, 4.69) is 6.07 Å². The van der Waals surface area contributed by atoms with Crippen molar-refractivity contribution in [3.05, 3.63) is 23.3 Å². The third kappa shape index (κ3) is 2.06. The van der Waals surface area contributed by atoms with Crippen LogP contribution < -0.4 is 9.47 Å². The van der Waals surface area contributed by atoms with Gasteiger partial charge in [0.15, 0.2) is 11.5 Å². The Balaban J connectivity index is 2.40. The van der Waals surface area contributed by atoms with E-state index in [1.54, 1.807) is 0 Å². The molecule has 0 radical (unpaired) electrons. The van der Waals surface area contributed by atoms with E-state index in [0.717, 1.165) is 29.7 Å². The van der Waals surface area contributed by atoms with Crippen LogP contribution in [0.15, 0.2) is 12.1 Å². The zero-order valence-corrected chi connectivity index (χ0v) is 9.05. The number of fused-ring (bicyclic) bond motifs is 1. The minimum Gasteiger partial charge on any atom is -0.487 e. The normalized spacial score (nSPS) is 19.3. The van der Waals surface area contributed by atoms with Crippen molar-refractivity contribution >= 4 is 0 Å². The molecule has 1 unspecified atom stereocenters. The van der Waals surface area contributed by atoms with Crippen molar-refractivity contribution in [2.45, 2.75) is 32.8 Å². The van der Waals surface area contributed by atoms with Crippen LogP contribution in [-0.4, -0.2) is 13.0 Å². The molecule has 0 fully saturated rings. The molecule has 1 aliphatic rings. The third-order valence-electron chi connectivity index (χ3n) is 2.63. The van der Waals surface area contributed by atoms with Crippen LogP contribution >= 0.6 is 0 Å². The Kier molecular flexibility index (Phi) is 2.80. The maximum Gasteiger partial charge on any atom is 0.228 e. The van der Waals surface area contributed by atoms with Crippen molar-refractivity contribution < 1.29 is 13.9 Å². The van der Waals surface area contributed by atoms with Gasteiger partial charge in [-0.25, -0.2) is 4.39 Å². The fourth-order valence-electron chi connectivity index (χ4n) is 1.92. The van der Waals surface area contributed by atoms with E-state index >= 15 is 0 Å². The van der Waals surface area contributed by atoms with Crippen LogP contribution in [0, 0.1) is 6.92 Å². The summed E-state index contributed by atoms with van der Waals surface area (Å²) >= 11 is 0. The molecule has 82 valence electrons. The van der Waals surface area contributed by atoms with Crippen LogP contribution in [0.2, 0.25) is 0 Å². The molecule has 0 saturated carbocycles. The molecule has 2 nitrogen and oxygen atoms in total. The smallest absolute Gasteiger partial charge is 0.228 e. The lowest BCUT2D eigenvalue weighted by Crippen LogP contribution is -2.19. The van der Waals surface area contributed by atoms with Gasteiger partial charge in [0.1, 0.15) is 0 Å². The quantitative estimate of drug-likeness (QED) is 0.747. The molecule has 1 heterocycles. The molecule has 3 heteroatoms. The monoisotopic (exact) mass is 210 g/mol. The van der Waals surface area contributed by atoms with Gasteiger partial charge >= 0.3 is 0 Å². The highest BCUT2D eigenvalue weighted by Gasteiger charge is 2.20. The van der Waals surface area contributed by atoms with Gasteiger partial charge in [0.25, 0.3) is 0 Å². The summed E-state index contributed by atoms with van der Waals surface area (Å²) < 4.78 is 22.8.